The molecule has 1 aromatic heterocycles. The van der Waals surface area contributed by atoms with E-state index in [0.717, 1.165) is 28.2 Å². The molecule has 0 radical (unpaired) electrons. The Balaban J connectivity index is 2.36. The predicted molar refractivity (Wildman–Crippen MR) is 75.3 cm³/mol. The second-order valence-electron chi connectivity index (χ2n) is 4.52. The van der Waals surface area contributed by atoms with Crippen molar-refractivity contribution in [3.05, 3.63) is 35.3 Å². The van der Waals surface area contributed by atoms with Gasteiger partial charge in [-0.25, -0.2) is 4.98 Å². The maximum atomic E-state index is 5.71. The van der Waals surface area contributed by atoms with Crippen LogP contribution in [-0.4, -0.2) is 18.1 Å². The summed E-state index contributed by atoms with van der Waals surface area (Å²) in [5.74, 6) is 2.39. The molecule has 19 heavy (non-hydrogen) atoms. The van der Waals surface area contributed by atoms with Crippen molar-refractivity contribution in [1.82, 2.24) is 4.98 Å². The molecule has 0 aliphatic rings. The summed E-state index contributed by atoms with van der Waals surface area (Å²) in [5.41, 5.74) is 8.76. The number of aryl methyl sites for hydroxylation is 2. The molecule has 0 fully saturated rings. The Bertz CT molecular complexity index is 561. The van der Waals surface area contributed by atoms with Crippen molar-refractivity contribution in [1.29, 1.82) is 0 Å². The lowest BCUT2D eigenvalue weighted by Crippen LogP contribution is -2.02. The molecule has 0 saturated heterocycles. The molecule has 2 aromatic rings. The smallest absolute Gasteiger partial charge is 0.196 e. The van der Waals surface area contributed by atoms with Gasteiger partial charge in [-0.1, -0.05) is 0 Å². The van der Waals surface area contributed by atoms with Crippen molar-refractivity contribution in [3.8, 4) is 17.1 Å². The minimum Gasteiger partial charge on any atom is -0.494 e. The van der Waals surface area contributed by atoms with Gasteiger partial charge in [0.25, 0.3) is 0 Å². The molecule has 2 rings (SSSR count). The van der Waals surface area contributed by atoms with Gasteiger partial charge in [0.2, 0.25) is 0 Å². The monoisotopic (exact) mass is 260 g/mol. The molecule has 0 spiro atoms. The molecule has 0 atom stereocenters. The van der Waals surface area contributed by atoms with Crippen molar-refractivity contribution < 1.29 is 9.15 Å². The minimum atomic E-state index is 0.543. The van der Waals surface area contributed by atoms with E-state index in [1.807, 2.05) is 26.8 Å². The topological polar surface area (TPSA) is 61.3 Å². The summed E-state index contributed by atoms with van der Waals surface area (Å²) in [4.78, 5) is 4.23. The third-order valence-electron chi connectivity index (χ3n) is 3.00. The zero-order valence-corrected chi connectivity index (χ0v) is 11.7. The van der Waals surface area contributed by atoms with Crippen LogP contribution in [0.15, 0.2) is 22.7 Å². The van der Waals surface area contributed by atoms with Crippen LogP contribution in [0.5, 0.6) is 5.75 Å². The normalized spacial score (nSPS) is 10.7. The number of ether oxygens (including phenoxy) is 1. The Hall–Kier alpha value is -1.81. The summed E-state index contributed by atoms with van der Waals surface area (Å²) in [6.45, 7) is 7.27. The Morgan fingerprint density at radius 1 is 1.26 bits per heavy atom. The largest absolute Gasteiger partial charge is 0.494 e. The number of nitrogens with zero attached hydrogens (tertiary/aromatic N) is 1. The van der Waals surface area contributed by atoms with Gasteiger partial charge >= 0.3 is 0 Å². The Morgan fingerprint density at radius 3 is 2.74 bits per heavy atom. The average molecular weight is 260 g/mol. The molecule has 0 unspecified atom stereocenters. The number of oxazole rings is 1. The summed E-state index contributed by atoms with van der Waals surface area (Å²) in [7, 11) is 0. The average Bonchev–Trinajstić information content (AvgIpc) is 2.82. The van der Waals surface area contributed by atoms with E-state index in [4.69, 9.17) is 14.9 Å². The van der Waals surface area contributed by atoms with Crippen LogP contribution >= 0.6 is 0 Å². The van der Waals surface area contributed by atoms with Crippen LogP contribution in [0.2, 0.25) is 0 Å². The second-order valence-corrected chi connectivity index (χ2v) is 4.52. The van der Waals surface area contributed by atoms with Crippen LogP contribution < -0.4 is 10.5 Å². The van der Waals surface area contributed by atoms with E-state index in [-0.39, 0.29) is 0 Å². The molecule has 0 aliphatic carbocycles. The van der Waals surface area contributed by atoms with Gasteiger partial charge in [-0.15, -0.1) is 0 Å². The fourth-order valence-electron chi connectivity index (χ4n) is 2.04. The molecular formula is C15H20N2O2. The van der Waals surface area contributed by atoms with Gasteiger partial charge in [0.1, 0.15) is 5.75 Å². The van der Waals surface area contributed by atoms with Gasteiger partial charge < -0.3 is 14.9 Å². The first-order valence-electron chi connectivity index (χ1n) is 6.55. The van der Waals surface area contributed by atoms with Crippen LogP contribution in [0.25, 0.3) is 11.3 Å². The van der Waals surface area contributed by atoms with Crippen molar-refractivity contribution in [2.24, 2.45) is 5.73 Å². The highest BCUT2D eigenvalue weighted by Crippen LogP contribution is 2.30. The predicted octanol–water partition coefficient (Wildman–Crippen LogP) is 2.86. The Morgan fingerprint density at radius 2 is 2.05 bits per heavy atom. The van der Waals surface area contributed by atoms with Crippen LogP contribution in [0.1, 0.15) is 23.9 Å². The van der Waals surface area contributed by atoms with Gasteiger partial charge in [-0.05, 0) is 44.0 Å². The molecule has 2 N–H and O–H groups in total. The molecular weight excluding hydrogens is 240 g/mol. The van der Waals surface area contributed by atoms with Crippen LogP contribution in [-0.2, 0) is 6.42 Å². The van der Waals surface area contributed by atoms with E-state index < -0.39 is 0 Å². The fourth-order valence-corrected chi connectivity index (χ4v) is 2.04. The van der Waals surface area contributed by atoms with Gasteiger partial charge in [-0.3, -0.25) is 0 Å². The quantitative estimate of drug-likeness (QED) is 0.898. The SMILES string of the molecule is CCOc1cc(C)c(-c2cnc(CCN)o2)cc1C. The van der Waals surface area contributed by atoms with Crippen LogP contribution in [0, 0.1) is 13.8 Å². The molecule has 0 aliphatic heterocycles. The molecule has 1 aromatic carbocycles. The number of hydrogen-bond donors (Lipinski definition) is 1. The highest BCUT2D eigenvalue weighted by Gasteiger charge is 2.11. The number of hydrogen-bond acceptors (Lipinski definition) is 4. The highest BCUT2D eigenvalue weighted by atomic mass is 16.5. The Kier molecular flexibility index (Phi) is 4.22. The number of aromatic nitrogens is 1. The molecule has 102 valence electrons. The van der Waals surface area contributed by atoms with E-state index in [1.165, 1.54) is 0 Å². The first-order valence-corrected chi connectivity index (χ1v) is 6.55. The third-order valence-corrected chi connectivity index (χ3v) is 3.00. The van der Waals surface area contributed by atoms with Crippen LogP contribution in [0.4, 0.5) is 0 Å². The van der Waals surface area contributed by atoms with E-state index in [1.54, 1.807) is 6.20 Å². The number of rotatable bonds is 5. The third kappa shape index (κ3) is 2.96. The summed E-state index contributed by atoms with van der Waals surface area (Å²) in [6, 6.07) is 4.12. The van der Waals surface area contributed by atoms with Gasteiger partial charge in [0, 0.05) is 18.5 Å². The van der Waals surface area contributed by atoms with Crippen molar-refractivity contribution in [3.63, 3.8) is 0 Å². The number of nitrogens with two attached hydrogens (primary N) is 1. The Labute approximate surface area is 113 Å². The number of benzene rings is 1. The van der Waals surface area contributed by atoms with Crippen molar-refractivity contribution in [2.75, 3.05) is 13.2 Å². The van der Waals surface area contributed by atoms with E-state index in [2.05, 4.69) is 11.1 Å². The lowest BCUT2D eigenvalue weighted by Gasteiger charge is -2.10. The zero-order chi connectivity index (χ0) is 13.8. The van der Waals surface area contributed by atoms with Gasteiger partial charge in [0.15, 0.2) is 11.7 Å². The summed E-state index contributed by atoms with van der Waals surface area (Å²) >= 11 is 0. The van der Waals surface area contributed by atoms with Crippen LogP contribution in [0.3, 0.4) is 0 Å². The summed E-state index contributed by atoms with van der Waals surface area (Å²) in [5, 5.41) is 0. The molecule has 0 amide bonds. The first kappa shape index (κ1) is 13.6. The zero-order valence-electron chi connectivity index (χ0n) is 11.7. The molecule has 4 heteroatoms. The molecule has 1 heterocycles. The van der Waals surface area contributed by atoms with E-state index in [9.17, 15) is 0 Å². The summed E-state index contributed by atoms with van der Waals surface area (Å²) < 4.78 is 11.3. The van der Waals surface area contributed by atoms with Crippen molar-refractivity contribution in [2.45, 2.75) is 27.2 Å². The molecule has 0 bridgehead atoms. The maximum Gasteiger partial charge on any atom is 0.196 e. The van der Waals surface area contributed by atoms with Gasteiger partial charge in [0.05, 0.1) is 12.8 Å². The highest BCUT2D eigenvalue weighted by molar-refractivity contribution is 5.64. The maximum absolute atomic E-state index is 5.71. The van der Waals surface area contributed by atoms with E-state index in [0.29, 0.717) is 25.5 Å². The van der Waals surface area contributed by atoms with Gasteiger partial charge in [-0.2, -0.15) is 0 Å². The molecule has 0 saturated carbocycles. The lowest BCUT2D eigenvalue weighted by molar-refractivity contribution is 0.337. The first-order chi connectivity index (χ1) is 9.15. The van der Waals surface area contributed by atoms with Crippen molar-refractivity contribution >= 4 is 0 Å². The van der Waals surface area contributed by atoms with E-state index >= 15 is 0 Å². The second kappa shape index (κ2) is 5.89. The lowest BCUT2D eigenvalue weighted by atomic mass is 10.0. The standard InChI is InChI=1S/C15H20N2O2/c1-4-18-13-8-10(2)12(7-11(13)3)14-9-17-15(19-14)5-6-16/h7-9H,4-6,16H2,1-3H3. The minimum absolute atomic E-state index is 0.543. The fraction of sp³-hybridized carbons (Fsp3) is 0.400. The molecule has 4 nitrogen and oxygen atoms in total. The summed E-state index contributed by atoms with van der Waals surface area (Å²) in [6.07, 6.45) is 2.42.